The van der Waals surface area contributed by atoms with E-state index in [1.54, 1.807) is 5.56 Å². The molecule has 4 aliphatic carbocycles. The third kappa shape index (κ3) is 2.25. The van der Waals surface area contributed by atoms with Crippen molar-refractivity contribution in [1.82, 2.24) is 0 Å². The SMILES string of the molecule is C[C@]12CCCC[C@@H]1CC[C@H]1[C@@H]3C=C[C@H](c4ccccc4)[C@@]3(C)CC[C@@H]12. The van der Waals surface area contributed by atoms with Gasteiger partial charge in [0, 0.05) is 5.92 Å². The summed E-state index contributed by atoms with van der Waals surface area (Å²) in [6.45, 7) is 5.30. The van der Waals surface area contributed by atoms with Crippen molar-refractivity contribution >= 4 is 0 Å². The van der Waals surface area contributed by atoms with Crippen molar-refractivity contribution in [2.75, 3.05) is 0 Å². The molecule has 3 fully saturated rings. The highest BCUT2D eigenvalue weighted by atomic mass is 14.6. The van der Waals surface area contributed by atoms with Gasteiger partial charge in [0.25, 0.3) is 0 Å². The molecule has 0 aromatic heterocycles. The van der Waals surface area contributed by atoms with E-state index in [4.69, 9.17) is 0 Å². The molecule has 5 rings (SSSR count). The number of fused-ring (bicyclic) bond motifs is 5. The van der Waals surface area contributed by atoms with Gasteiger partial charge in [-0.1, -0.05) is 69.2 Å². The third-order valence-electron chi connectivity index (χ3n) is 9.26. The predicted molar refractivity (Wildman–Crippen MR) is 105 cm³/mol. The van der Waals surface area contributed by atoms with E-state index in [9.17, 15) is 0 Å². The maximum Gasteiger partial charge on any atom is 0.00776 e. The van der Waals surface area contributed by atoms with Gasteiger partial charge in [0.05, 0.1) is 0 Å². The third-order valence-corrected chi connectivity index (χ3v) is 9.26. The van der Waals surface area contributed by atoms with Crippen LogP contribution in [0.1, 0.15) is 76.7 Å². The molecule has 0 aliphatic heterocycles. The Morgan fingerprint density at radius 3 is 2.48 bits per heavy atom. The number of hydrogen-bond acceptors (Lipinski definition) is 0. The molecule has 0 heterocycles. The Bertz CT molecular complexity index is 658. The van der Waals surface area contributed by atoms with Gasteiger partial charge >= 0.3 is 0 Å². The average Bonchev–Trinajstić information content (AvgIpc) is 2.99. The summed E-state index contributed by atoms with van der Waals surface area (Å²) in [6.07, 6.45) is 17.2. The van der Waals surface area contributed by atoms with Gasteiger partial charge in [-0.15, -0.1) is 0 Å². The van der Waals surface area contributed by atoms with Gasteiger partial charge in [-0.05, 0) is 78.6 Å². The predicted octanol–water partition coefficient (Wildman–Crippen LogP) is 6.98. The Morgan fingerprint density at radius 2 is 1.64 bits per heavy atom. The molecule has 0 spiro atoms. The topological polar surface area (TPSA) is 0 Å². The highest BCUT2D eigenvalue weighted by molar-refractivity contribution is 5.33. The maximum atomic E-state index is 2.68. The second-order valence-corrected chi connectivity index (χ2v) is 10.1. The van der Waals surface area contributed by atoms with E-state index >= 15 is 0 Å². The van der Waals surface area contributed by atoms with Crippen LogP contribution in [0.15, 0.2) is 42.5 Å². The van der Waals surface area contributed by atoms with Crippen molar-refractivity contribution in [2.45, 2.75) is 71.1 Å². The molecule has 0 radical (unpaired) electrons. The van der Waals surface area contributed by atoms with Crippen LogP contribution in [0.2, 0.25) is 0 Å². The number of benzene rings is 1. The Morgan fingerprint density at radius 1 is 0.800 bits per heavy atom. The molecule has 0 heteroatoms. The normalized spacial score (nSPS) is 48.5. The highest BCUT2D eigenvalue weighted by Gasteiger charge is 2.58. The average molecular weight is 335 g/mol. The molecule has 1 aromatic rings. The lowest BCUT2D eigenvalue weighted by Crippen LogP contribution is -2.52. The standard InChI is InChI=1S/C25H34/c1-24-16-7-6-10-19(24)11-12-20-22-14-13-21(18-8-4-3-5-9-18)25(22,2)17-15-23(20)24/h3-5,8-9,13-14,19-23H,6-7,10-12,15-17H2,1-2H3/t19-,20+,21-,22+,23+,24+,25-/m1/s1. The van der Waals surface area contributed by atoms with E-state index in [2.05, 4.69) is 56.3 Å². The lowest BCUT2D eigenvalue weighted by molar-refractivity contribution is -0.0983. The molecule has 4 aliphatic rings. The molecule has 25 heavy (non-hydrogen) atoms. The summed E-state index contributed by atoms with van der Waals surface area (Å²) in [7, 11) is 0. The molecule has 7 atom stereocenters. The first kappa shape index (κ1) is 16.2. The van der Waals surface area contributed by atoms with Gasteiger partial charge in [0.2, 0.25) is 0 Å². The number of allylic oxidation sites excluding steroid dienone is 2. The van der Waals surface area contributed by atoms with E-state index in [-0.39, 0.29) is 0 Å². The monoisotopic (exact) mass is 334 g/mol. The van der Waals surface area contributed by atoms with Gasteiger partial charge in [-0.3, -0.25) is 0 Å². The van der Waals surface area contributed by atoms with E-state index in [1.807, 2.05) is 0 Å². The molecule has 0 unspecified atom stereocenters. The zero-order valence-corrected chi connectivity index (χ0v) is 16.1. The summed E-state index contributed by atoms with van der Waals surface area (Å²) < 4.78 is 0. The maximum absolute atomic E-state index is 2.68. The summed E-state index contributed by atoms with van der Waals surface area (Å²) in [5.41, 5.74) is 2.65. The van der Waals surface area contributed by atoms with Crippen LogP contribution in [0.5, 0.6) is 0 Å². The zero-order chi connectivity index (χ0) is 17.1. The Hall–Kier alpha value is -1.04. The molecule has 0 amide bonds. The number of hydrogen-bond donors (Lipinski definition) is 0. The summed E-state index contributed by atoms with van der Waals surface area (Å²) in [5, 5.41) is 0. The van der Waals surface area contributed by atoms with Crippen LogP contribution in [-0.4, -0.2) is 0 Å². The molecule has 0 saturated heterocycles. The minimum Gasteiger partial charge on any atom is -0.0839 e. The fourth-order valence-electron chi connectivity index (χ4n) is 7.90. The zero-order valence-electron chi connectivity index (χ0n) is 16.1. The molecule has 3 saturated carbocycles. The first-order valence-electron chi connectivity index (χ1n) is 10.9. The molecular formula is C25H34. The van der Waals surface area contributed by atoms with Gasteiger partial charge in [-0.2, -0.15) is 0 Å². The van der Waals surface area contributed by atoms with Gasteiger partial charge in [0.1, 0.15) is 0 Å². The summed E-state index contributed by atoms with van der Waals surface area (Å²) in [6, 6.07) is 11.3. The summed E-state index contributed by atoms with van der Waals surface area (Å²) >= 11 is 0. The van der Waals surface area contributed by atoms with E-state index < -0.39 is 0 Å². The van der Waals surface area contributed by atoms with E-state index in [1.165, 1.54) is 51.4 Å². The van der Waals surface area contributed by atoms with Gasteiger partial charge < -0.3 is 0 Å². The van der Waals surface area contributed by atoms with Crippen LogP contribution in [0.3, 0.4) is 0 Å². The minimum atomic E-state index is 0.459. The van der Waals surface area contributed by atoms with Crippen LogP contribution in [-0.2, 0) is 0 Å². The van der Waals surface area contributed by atoms with Crippen LogP contribution in [0.4, 0.5) is 0 Å². The molecule has 0 nitrogen and oxygen atoms in total. The van der Waals surface area contributed by atoms with Gasteiger partial charge in [0.15, 0.2) is 0 Å². The first-order valence-corrected chi connectivity index (χ1v) is 10.9. The summed E-state index contributed by atoms with van der Waals surface area (Å²) in [5.74, 6) is 4.42. The number of rotatable bonds is 1. The lowest BCUT2D eigenvalue weighted by atomic mass is 9.44. The Labute approximate surface area is 154 Å². The summed E-state index contributed by atoms with van der Waals surface area (Å²) in [4.78, 5) is 0. The van der Waals surface area contributed by atoms with Crippen molar-refractivity contribution in [3.05, 3.63) is 48.0 Å². The quantitative estimate of drug-likeness (QED) is 0.486. The molecule has 134 valence electrons. The van der Waals surface area contributed by atoms with Crippen LogP contribution < -0.4 is 0 Å². The fraction of sp³-hybridized carbons (Fsp3) is 0.680. The fourth-order valence-corrected chi connectivity index (χ4v) is 7.90. The van der Waals surface area contributed by atoms with Crippen LogP contribution >= 0.6 is 0 Å². The highest BCUT2D eigenvalue weighted by Crippen LogP contribution is 2.67. The van der Waals surface area contributed by atoms with E-state index in [0.717, 1.165) is 23.7 Å². The molecular weight excluding hydrogens is 300 g/mol. The second-order valence-electron chi connectivity index (χ2n) is 10.1. The van der Waals surface area contributed by atoms with E-state index in [0.29, 0.717) is 16.7 Å². The van der Waals surface area contributed by atoms with Crippen molar-refractivity contribution in [3.8, 4) is 0 Å². The largest absolute Gasteiger partial charge is 0.0839 e. The van der Waals surface area contributed by atoms with Crippen LogP contribution in [0.25, 0.3) is 0 Å². The Kier molecular flexibility index (Phi) is 3.70. The first-order chi connectivity index (χ1) is 12.1. The van der Waals surface area contributed by atoms with Gasteiger partial charge in [-0.25, -0.2) is 0 Å². The smallest absolute Gasteiger partial charge is 0.00776 e. The molecule has 1 aromatic carbocycles. The second kappa shape index (κ2) is 5.73. The molecule has 0 N–H and O–H groups in total. The van der Waals surface area contributed by atoms with Crippen molar-refractivity contribution < 1.29 is 0 Å². The Balaban J connectivity index is 1.46. The van der Waals surface area contributed by atoms with Crippen molar-refractivity contribution in [1.29, 1.82) is 0 Å². The van der Waals surface area contributed by atoms with Crippen LogP contribution in [0, 0.1) is 34.5 Å². The lowest BCUT2D eigenvalue weighted by Gasteiger charge is -2.60. The van der Waals surface area contributed by atoms with Crippen molar-refractivity contribution in [2.24, 2.45) is 34.5 Å². The minimum absolute atomic E-state index is 0.459. The van der Waals surface area contributed by atoms with Crippen molar-refractivity contribution in [3.63, 3.8) is 0 Å². The molecule has 0 bridgehead atoms.